The lowest BCUT2D eigenvalue weighted by Gasteiger charge is -2.31. The van der Waals surface area contributed by atoms with Crippen LogP contribution >= 0.6 is 11.3 Å². The molecule has 7 rings (SSSR count). The Kier molecular flexibility index (Phi) is 6.37. The highest BCUT2D eigenvalue weighted by Gasteiger charge is 2.34. The topological polar surface area (TPSA) is 111 Å². The first kappa shape index (κ1) is 24.1. The van der Waals surface area contributed by atoms with Crippen LogP contribution in [0.5, 0.6) is 11.5 Å². The number of aromatic amines is 1. The minimum Gasteiger partial charge on any atom is -0.468 e. The number of ether oxygens (including phenoxy) is 2. The number of thiophene rings is 1. The van der Waals surface area contributed by atoms with E-state index in [2.05, 4.69) is 36.9 Å². The number of rotatable bonds is 8. The molecule has 0 amide bonds. The van der Waals surface area contributed by atoms with Crippen LogP contribution in [0, 0.1) is 0 Å². The normalized spacial score (nSPS) is 16.3. The minimum atomic E-state index is -0.521. The van der Waals surface area contributed by atoms with E-state index in [1.54, 1.807) is 17.6 Å². The summed E-state index contributed by atoms with van der Waals surface area (Å²) in [5, 5.41) is 16.1. The standard InChI is InChI=1S/C28H28N6O4S/c35-28-22(12-18-13-24-25(38-17-37-24)14-23(18)29-28)26(27-30-31-32-34(27)19-6-2-1-3-7-19)33(15-20-8-4-10-36-20)16-21-9-5-11-39-21/h4-5,8-14,19,26H,1-3,6-7,15-17H2,(H,29,35)/t26-/m1/s1. The monoisotopic (exact) mass is 544 g/mol. The van der Waals surface area contributed by atoms with Crippen molar-refractivity contribution in [2.45, 2.75) is 57.3 Å². The molecule has 4 aromatic heterocycles. The number of furan rings is 1. The lowest BCUT2D eigenvalue weighted by Crippen LogP contribution is -2.35. The molecule has 0 bridgehead atoms. The van der Waals surface area contributed by atoms with Gasteiger partial charge in [0.05, 0.1) is 24.4 Å². The van der Waals surface area contributed by atoms with Gasteiger partial charge in [-0.2, -0.15) is 0 Å². The zero-order chi connectivity index (χ0) is 26.2. The van der Waals surface area contributed by atoms with Crippen LogP contribution in [0.2, 0.25) is 0 Å². The summed E-state index contributed by atoms with van der Waals surface area (Å²) in [5.74, 6) is 2.75. The zero-order valence-corrected chi connectivity index (χ0v) is 22.1. The maximum absolute atomic E-state index is 13.8. The van der Waals surface area contributed by atoms with Gasteiger partial charge < -0.3 is 18.9 Å². The summed E-state index contributed by atoms with van der Waals surface area (Å²) in [6.45, 7) is 1.24. The number of nitrogens with zero attached hydrogens (tertiary/aromatic N) is 5. The third kappa shape index (κ3) is 4.72. The second kappa shape index (κ2) is 10.3. The van der Waals surface area contributed by atoms with Crippen LogP contribution in [-0.4, -0.2) is 36.9 Å². The van der Waals surface area contributed by atoms with E-state index in [1.165, 1.54) is 11.3 Å². The van der Waals surface area contributed by atoms with E-state index in [9.17, 15) is 4.79 Å². The summed E-state index contributed by atoms with van der Waals surface area (Å²) >= 11 is 1.68. The van der Waals surface area contributed by atoms with E-state index < -0.39 is 6.04 Å². The van der Waals surface area contributed by atoms with E-state index in [0.717, 1.165) is 36.8 Å². The molecule has 1 aliphatic heterocycles. The number of fused-ring (bicyclic) bond motifs is 2. The molecule has 1 aliphatic carbocycles. The largest absolute Gasteiger partial charge is 0.468 e. The molecule has 1 fully saturated rings. The number of pyridine rings is 1. The molecule has 1 atom stereocenters. The number of benzene rings is 1. The molecule has 0 unspecified atom stereocenters. The Labute approximate surface area is 228 Å². The number of tetrazole rings is 1. The van der Waals surface area contributed by atoms with Gasteiger partial charge in [-0.3, -0.25) is 9.69 Å². The van der Waals surface area contributed by atoms with Crippen molar-refractivity contribution >= 4 is 22.2 Å². The van der Waals surface area contributed by atoms with Gasteiger partial charge in [-0.1, -0.05) is 25.3 Å². The van der Waals surface area contributed by atoms with Crippen molar-refractivity contribution in [1.82, 2.24) is 30.1 Å². The maximum Gasteiger partial charge on any atom is 0.253 e. The van der Waals surface area contributed by atoms with E-state index in [0.29, 0.717) is 41.5 Å². The van der Waals surface area contributed by atoms with Crippen molar-refractivity contribution in [3.05, 3.63) is 86.5 Å². The van der Waals surface area contributed by atoms with Gasteiger partial charge in [0.25, 0.3) is 5.56 Å². The van der Waals surface area contributed by atoms with E-state index in [-0.39, 0.29) is 18.4 Å². The number of hydrogen-bond acceptors (Lipinski definition) is 9. The fourth-order valence-electron chi connectivity index (χ4n) is 5.73. The Morgan fingerprint density at radius 3 is 2.74 bits per heavy atom. The maximum atomic E-state index is 13.8. The number of H-pyrrole nitrogens is 1. The van der Waals surface area contributed by atoms with Gasteiger partial charge in [0.1, 0.15) is 11.8 Å². The van der Waals surface area contributed by atoms with Gasteiger partial charge in [0, 0.05) is 28.4 Å². The van der Waals surface area contributed by atoms with Crippen molar-refractivity contribution in [1.29, 1.82) is 0 Å². The molecular weight excluding hydrogens is 516 g/mol. The van der Waals surface area contributed by atoms with Gasteiger partial charge in [-0.25, -0.2) is 4.68 Å². The number of nitrogens with one attached hydrogen (secondary N) is 1. The van der Waals surface area contributed by atoms with Gasteiger partial charge >= 0.3 is 0 Å². The third-order valence-corrected chi connectivity index (χ3v) is 8.45. The van der Waals surface area contributed by atoms with Crippen molar-refractivity contribution in [3.63, 3.8) is 0 Å². The Bertz CT molecular complexity index is 1590. The summed E-state index contributed by atoms with van der Waals surface area (Å²) in [6.07, 6.45) is 7.22. The van der Waals surface area contributed by atoms with Crippen molar-refractivity contribution in [3.8, 4) is 11.5 Å². The summed E-state index contributed by atoms with van der Waals surface area (Å²) < 4.78 is 18.9. The van der Waals surface area contributed by atoms with Crippen molar-refractivity contribution in [2.75, 3.05) is 6.79 Å². The van der Waals surface area contributed by atoms with E-state index in [1.807, 2.05) is 41.1 Å². The molecule has 10 nitrogen and oxygen atoms in total. The molecule has 2 aliphatic rings. The van der Waals surface area contributed by atoms with Gasteiger partial charge in [0.2, 0.25) is 6.79 Å². The van der Waals surface area contributed by atoms with Crippen LogP contribution in [0.4, 0.5) is 0 Å². The molecule has 39 heavy (non-hydrogen) atoms. The summed E-state index contributed by atoms with van der Waals surface area (Å²) in [5.41, 5.74) is 1.06. The molecule has 1 N–H and O–H groups in total. The molecule has 200 valence electrons. The Morgan fingerprint density at radius 2 is 1.95 bits per heavy atom. The highest BCUT2D eigenvalue weighted by atomic mass is 32.1. The molecule has 0 radical (unpaired) electrons. The summed E-state index contributed by atoms with van der Waals surface area (Å²) in [4.78, 5) is 20.3. The first-order chi connectivity index (χ1) is 19.2. The lowest BCUT2D eigenvalue weighted by molar-refractivity contribution is 0.174. The second-order valence-corrected chi connectivity index (χ2v) is 11.1. The predicted molar refractivity (Wildman–Crippen MR) is 145 cm³/mol. The Morgan fingerprint density at radius 1 is 1.08 bits per heavy atom. The first-order valence-corrected chi connectivity index (χ1v) is 14.1. The van der Waals surface area contributed by atoms with Gasteiger partial charge in [0.15, 0.2) is 17.3 Å². The molecule has 0 saturated heterocycles. The number of aromatic nitrogens is 5. The second-order valence-electron chi connectivity index (χ2n) is 10.1. The summed E-state index contributed by atoms with van der Waals surface area (Å²) in [7, 11) is 0. The molecule has 1 saturated carbocycles. The van der Waals surface area contributed by atoms with Crippen LogP contribution in [0.1, 0.15) is 66.2 Å². The smallest absolute Gasteiger partial charge is 0.253 e. The van der Waals surface area contributed by atoms with Crippen molar-refractivity contribution < 1.29 is 13.9 Å². The SMILES string of the molecule is O=c1[nH]c2cc3c(cc2cc1[C@H](c1nnnn1C1CCCCC1)N(Cc1ccco1)Cc1cccs1)OCO3. The van der Waals surface area contributed by atoms with Crippen LogP contribution < -0.4 is 15.0 Å². The van der Waals surface area contributed by atoms with E-state index >= 15 is 0 Å². The van der Waals surface area contributed by atoms with Crippen molar-refractivity contribution in [2.24, 2.45) is 0 Å². The van der Waals surface area contributed by atoms with Gasteiger partial charge in [-0.05, 0) is 59.0 Å². The third-order valence-electron chi connectivity index (χ3n) is 7.59. The molecule has 0 spiro atoms. The minimum absolute atomic E-state index is 0.166. The molecule has 11 heteroatoms. The predicted octanol–water partition coefficient (Wildman–Crippen LogP) is 5.19. The fourth-order valence-corrected chi connectivity index (χ4v) is 6.45. The van der Waals surface area contributed by atoms with Crippen LogP contribution in [0.3, 0.4) is 0 Å². The lowest BCUT2D eigenvalue weighted by atomic mass is 9.95. The molecule has 5 aromatic rings. The zero-order valence-electron chi connectivity index (χ0n) is 21.3. The average molecular weight is 545 g/mol. The van der Waals surface area contributed by atoms with Crippen LogP contribution in [0.25, 0.3) is 10.9 Å². The number of hydrogen-bond donors (Lipinski definition) is 1. The highest BCUT2D eigenvalue weighted by Crippen LogP contribution is 2.38. The summed E-state index contributed by atoms with van der Waals surface area (Å²) in [6, 6.07) is 13.3. The Balaban J connectivity index is 1.40. The highest BCUT2D eigenvalue weighted by molar-refractivity contribution is 7.09. The Hall–Kier alpha value is -3.96. The molecule has 1 aromatic carbocycles. The fraction of sp³-hybridized carbons (Fsp3) is 0.357. The van der Waals surface area contributed by atoms with E-state index in [4.69, 9.17) is 13.9 Å². The molecular formula is C28H28N6O4S. The molecule has 5 heterocycles. The quantitative estimate of drug-likeness (QED) is 0.284. The van der Waals surface area contributed by atoms with Crippen LogP contribution in [-0.2, 0) is 13.1 Å². The average Bonchev–Trinajstić information content (AvgIpc) is 3.77. The first-order valence-electron chi connectivity index (χ1n) is 13.3. The van der Waals surface area contributed by atoms with Crippen LogP contribution in [0.15, 0.2) is 63.3 Å². The van der Waals surface area contributed by atoms with Gasteiger partial charge in [-0.15, -0.1) is 16.4 Å².